The predicted octanol–water partition coefficient (Wildman–Crippen LogP) is 0.380. The van der Waals surface area contributed by atoms with E-state index < -0.39 is 33.6 Å². The molecule has 0 saturated carbocycles. The molecular weight excluding hydrogens is 299 g/mol. The molecule has 1 aromatic rings. The number of hydrogen-bond acceptors (Lipinski definition) is 5. The molecule has 2 unspecified atom stereocenters. The second-order valence-electron chi connectivity index (χ2n) is 4.75. The van der Waals surface area contributed by atoms with Crippen molar-refractivity contribution in [1.82, 2.24) is 5.32 Å². The minimum absolute atomic E-state index is 0.0694. The summed E-state index contributed by atoms with van der Waals surface area (Å²) in [6.45, 7) is 1.71. The normalized spacial score (nSPS) is 14.5. The maximum absolute atomic E-state index is 13.8. The van der Waals surface area contributed by atoms with Crippen LogP contribution in [0.1, 0.15) is 18.5 Å². The Kier molecular flexibility index (Phi) is 5.82. The molecule has 1 amide bonds. The molecule has 8 heteroatoms. The number of nitrogens with one attached hydrogen (secondary N) is 1. The van der Waals surface area contributed by atoms with E-state index in [2.05, 4.69) is 5.32 Å². The standard InChI is InChI=1S/C13H19FN2O4S/c1-8(16-13(17)11(15)7-20-2)9-4-5-12(10(14)6-9)21(3,18)19/h4-6,8,11H,7,15H2,1-3H3,(H,16,17). The number of carbonyl (C=O) groups is 1. The average Bonchev–Trinajstić information content (AvgIpc) is 2.37. The largest absolute Gasteiger partial charge is 0.383 e. The summed E-state index contributed by atoms with van der Waals surface area (Å²) in [5.74, 6) is -1.28. The second-order valence-corrected chi connectivity index (χ2v) is 6.74. The highest BCUT2D eigenvalue weighted by atomic mass is 32.2. The molecule has 0 aliphatic rings. The van der Waals surface area contributed by atoms with E-state index in [4.69, 9.17) is 10.5 Å². The van der Waals surface area contributed by atoms with Gasteiger partial charge in [-0.2, -0.15) is 0 Å². The third kappa shape index (κ3) is 4.76. The van der Waals surface area contributed by atoms with Crippen molar-refractivity contribution in [3.63, 3.8) is 0 Å². The number of carbonyl (C=O) groups excluding carboxylic acids is 1. The highest BCUT2D eigenvalue weighted by molar-refractivity contribution is 7.90. The van der Waals surface area contributed by atoms with E-state index in [9.17, 15) is 17.6 Å². The van der Waals surface area contributed by atoms with Gasteiger partial charge in [0.15, 0.2) is 9.84 Å². The first-order valence-corrected chi connectivity index (χ1v) is 8.10. The number of sulfone groups is 1. The van der Waals surface area contributed by atoms with E-state index >= 15 is 0 Å². The fourth-order valence-electron chi connectivity index (χ4n) is 1.75. The van der Waals surface area contributed by atoms with Crippen molar-refractivity contribution in [2.45, 2.75) is 23.9 Å². The molecule has 0 saturated heterocycles. The summed E-state index contributed by atoms with van der Waals surface area (Å²) in [5, 5.41) is 2.61. The van der Waals surface area contributed by atoms with E-state index in [1.54, 1.807) is 6.92 Å². The molecule has 0 spiro atoms. The molecule has 0 aliphatic heterocycles. The molecule has 3 N–H and O–H groups in total. The van der Waals surface area contributed by atoms with Crippen molar-refractivity contribution in [1.29, 1.82) is 0 Å². The zero-order chi connectivity index (χ0) is 16.2. The number of rotatable bonds is 6. The lowest BCUT2D eigenvalue weighted by atomic mass is 10.1. The number of nitrogens with two attached hydrogens (primary N) is 1. The van der Waals surface area contributed by atoms with Gasteiger partial charge in [-0.1, -0.05) is 6.07 Å². The third-order valence-corrected chi connectivity index (χ3v) is 4.03. The van der Waals surface area contributed by atoms with E-state index in [1.165, 1.54) is 19.2 Å². The lowest BCUT2D eigenvalue weighted by Crippen LogP contribution is -2.44. The van der Waals surface area contributed by atoms with Gasteiger partial charge in [-0.25, -0.2) is 12.8 Å². The summed E-state index contributed by atoms with van der Waals surface area (Å²) < 4.78 is 41.2. The van der Waals surface area contributed by atoms with Crippen LogP contribution in [-0.4, -0.2) is 40.3 Å². The molecule has 0 aromatic heterocycles. The molecular formula is C13H19FN2O4S. The molecule has 0 heterocycles. The van der Waals surface area contributed by atoms with E-state index in [0.29, 0.717) is 5.56 Å². The Labute approximate surface area is 123 Å². The van der Waals surface area contributed by atoms with Gasteiger partial charge in [0, 0.05) is 13.4 Å². The smallest absolute Gasteiger partial charge is 0.239 e. The van der Waals surface area contributed by atoms with Crippen LogP contribution >= 0.6 is 0 Å². The fraction of sp³-hybridized carbons (Fsp3) is 0.462. The molecule has 0 radical (unpaired) electrons. The lowest BCUT2D eigenvalue weighted by molar-refractivity contribution is -0.124. The van der Waals surface area contributed by atoms with Gasteiger partial charge in [0.05, 0.1) is 12.6 Å². The van der Waals surface area contributed by atoms with Gasteiger partial charge in [0.25, 0.3) is 0 Å². The summed E-state index contributed by atoms with van der Waals surface area (Å²) >= 11 is 0. The Morgan fingerprint density at radius 2 is 2.10 bits per heavy atom. The van der Waals surface area contributed by atoms with Crippen LogP contribution in [-0.2, 0) is 19.4 Å². The average molecular weight is 318 g/mol. The number of benzene rings is 1. The highest BCUT2D eigenvalue weighted by Crippen LogP contribution is 2.20. The second kappa shape index (κ2) is 6.97. The molecule has 21 heavy (non-hydrogen) atoms. The van der Waals surface area contributed by atoms with Crippen molar-refractivity contribution < 1.29 is 22.3 Å². The van der Waals surface area contributed by atoms with Gasteiger partial charge in [0.1, 0.15) is 16.8 Å². The number of halogens is 1. The monoisotopic (exact) mass is 318 g/mol. The molecule has 118 valence electrons. The van der Waals surface area contributed by atoms with Crippen LogP contribution in [0.5, 0.6) is 0 Å². The minimum Gasteiger partial charge on any atom is -0.383 e. The molecule has 6 nitrogen and oxygen atoms in total. The lowest BCUT2D eigenvalue weighted by Gasteiger charge is -2.18. The summed E-state index contributed by atoms with van der Waals surface area (Å²) in [5.41, 5.74) is 6.02. The summed E-state index contributed by atoms with van der Waals surface area (Å²) in [6.07, 6.45) is 0.931. The van der Waals surface area contributed by atoms with Crippen LogP contribution in [0.15, 0.2) is 23.1 Å². The maximum Gasteiger partial charge on any atom is 0.239 e. The van der Waals surface area contributed by atoms with Crippen molar-refractivity contribution in [2.24, 2.45) is 5.73 Å². The van der Waals surface area contributed by atoms with Crippen molar-refractivity contribution >= 4 is 15.7 Å². The van der Waals surface area contributed by atoms with Crippen molar-refractivity contribution in [3.8, 4) is 0 Å². The number of amides is 1. The Bertz CT molecular complexity index is 619. The number of ether oxygens (including phenoxy) is 1. The quantitative estimate of drug-likeness (QED) is 0.790. The maximum atomic E-state index is 13.8. The molecule has 0 bridgehead atoms. The van der Waals surface area contributed by atoms with Gasteiger partial charge in [-0.05, 0) is 24.6 Å². The van der Waals surface area contributed by atoms with Crippen LogP contribution < -0.4 is 11.1 Å². The first kappa shape index (κ1) is 17.5. The Morgan fingerprint density at radius 3 is 2.57 bits per heavy atom. The Balaban J connectivity index is 2.87. The summed E-state index contributed by atoms with van der Waals surface area (Å²) in [4.78, 5) is 11.3. The molecule has 0 fully saturated rings. The molecule has 1 rings (SSSR count). The topological polar surface area (TPSA) is 98.5 Å². The Hall–Kier alpha value is -1.51. The van der Waals surface area contributed by atoms with Crippen LogP contribution in [0.3, 0.4) is 0 Å². The molecule has 0 aliphatic carbocycles. The van der Waals surface area contributed by atoms with Crippen LogP contribution in [0, 0.1) is 5.82 Å². The first-order chi connectivity index (χ1) is 9.66. The zero-order valence-corrected chi connectivity index (χ0v) is 12.9. The highest BCUT2D eigenvalue weighted by Gasteiger charge is 2.19. The summed E-state index contributed by atoms with van der Waals surface area (Å²) in [7, 11) is -2.19. The van der Waals surface area contributed by atoms with Crippen molar-refractivity contribution in [2.75, 3.05) is 20.0 Å². The third-order valence-electron chi connectivity index (χ3n) is 2.90. The Morgan fingerprint density at radius 1 is 1.48 bits per heavy atom. The van der Waals surface area contributed by atoms with Gasteiger partial charge in [-0.3, -0.25) is 4.79 Å². The van der Waals surface area contributed by atoms with E-state index in [1.807, 2.05) is 0 Å². The molecule has 1 aromatic carbocycles. The van der Waals surface area contributed by atoms with Crippen LogP contribution in [0.25, 0.3) is 0 Å². The summed E-state index contributed by atoms with van der Waals surface area (Å²) in [6, 6.07) is 2.38. The molecule has 2 atom stereocenters. The van der Waals surface area contributed by atoms with E-state index in [-0.39, 0.29) is 11.5 Å². The zero-order valence-electron chi connectivity index (χ0n) is 12.1. The van der Waals surface area contributed by atoms with Gasteiger partial charge < -0.3 is 15.8 Å². The van der Waals surface area contributed by atoms with Gasteiger partial charge in [-0.15, -0.1) is 0 Å². The minimum atomic E-state index is -3.62. The number of methoxy groups -OCH3 is 1. The van der Waals surface area contributed by atoms with Gasteiger partial charge in [0.2, 0.25) is 5.91 Å². The van der Waals surface area contributed by atoms with Gasteiger partial charge >= 0.3 is 0 Å². The van der Waals surface area contributed by atoms with Crippen LogP contribution in [0.2, 0.25) is 0 Å². The SMILES string of the molecule is COCC(N)C(=O)NC(C)c1ccc(S(C)(=O)=O)c(F)c1. The predicted molar refractivity (Wildman–Crippen MR) is 75.9 cm³/mol. The van der Waals surface area contributed by atoms with Crippen LogP contribution in [0.4, 0.5) is 4.39 Å². The first-order valence-electron chi connectivity index (χ1n) is 6.21. The fourth-order valence-corrected chi connectivity index (χ4v) is 2.47. The van der Waals surface area contributed by atoms with Crippen molar-refractivity contribution in [3.05, 3.63) is 29.6 Å². The number of hydrogen-bond donors (Lipinski definition) is 2. The van der Waals surface area contributed by atoms with E-state index in [0.717, 1.165) is 12.3 Å².